The number of benzene rings is 1. The van der Waals surface area contributed by atoms with Crippen molar-refractivity contribution in [1.82, 2.24) is 0 Å². The van der Waals surface area contributed by atoms with Crippen molar-refractivity contribution in [2.24, 2.45) is 0 Å². The van der Waals surface area contributed by atoms with Crippen molar-refractivity contribution < 1.29 is 34.3 Å². The SMILES string of the molecule is CCCCCCCCCc1cc(=O)oc2cc(O[C@H]3O[C@H](CO)[C@@H](O)[C@H](O)[C@H]3O)ccc12. The van der Waals surface area contributed by atoms with Crippen LogP contribution in [0.1, 0.15) is 57.4 Å². The minimum Gasteiger partial charge on any atom is -0.462 e. The molecule has 1 aliphatic rings. The first kappa shape index (κ1) is 24.7. The summed E-state index contributed by atoms with van der Waals surface area (Å²) in [7, 11) is 0. The zero-order valence-electron chi connectivity index (χ0n) is 18.5. The molecule has 1 saturated heterocycles. The molecule has 178 valence electrons. The summed E-state index contributed by atoms with van der Waals surface area (Å²) in [6.45, 7) is 1.66. The van der Waals surface area contributed by atoms with Gasteiger partial charge < -0.3 is 34.3 Å². The molecule has 32 heavy (non-hydrogen) atoms. The Bertz CT molecular complexity index is 908. The third-order valence-electron chi connectivity index (χ3n) is 5.95. The summed E-state index contributed by atoms with van der Waals surface area (Å²) in [5.41, 5.74) is 0.835. The van der Waals surface area contributed by atoms with Gasteiger partial charge in [-0.25, -0.2) is 4.79 Å². The molecule has 0 amide bonds. The van der Waals surface area contributed by atoms with Gasteiger partial charge in [0.15, 0.2) is 0 Å². The van der Waals surface area contributed by atoms with E-state index >= 15 is 0 Å². The highest BCUT2D eigenvalue weighted by molar-refractivity contribution is 5.81. The number of hydrogen-bond donors (Lipinski definition) is 4. The molecule has 0 saturated carbocycles. The number of unbranched alkanes of at least 4 members (excludes halogenated alkanes) is 6. The van der Waals surface area contributed by atoms with E-state index in [4.69, 9.17) is 13.9 Å². The fourth-order valence-electron chi connectivity index (χ4n) is 4.06. The van der Waals surface area contributed by atoms with Gasteiger partial charge in [-0.1, -0.05) is 45.4 Å². The van der Waals surface area contributed by atoms with Crippen molar-refractivity contribution in [2.75, 3.05) is 6.61 Å². The van der Waals surface area contributed by atoms with E-state index in [1.165, 1.54) is 44.2 Å². The van der Waals surface area contributed by atoms with Crippen LogP contribution in [0.25, 0.3) is 11.0 Å². The van der Waals surface area contributed by atoms with Gasteiger partial charge in [-0.15, -0.1) is 0 Å². The van der Waals surface area contributed by atoms with Crippen molar-refractivity contribution >= 4 is 11.0 Å². The van der Waals surface area contributed by atoms with E-state index in [9.17, 15) is 25.2 Å². The van der Waals surface area contributed by atoms with Crippen molar-refractivity contribution in [1.29, 1.82) is 0 Å². The first-order valence-electron chi connectivity index (χ1n) is 11.5. The summed E-state index contributed by atoms with van der Waals surface area (Å²) in [6, 6.07) is 6.51. The second kappa shape index (κ2) is 11.8. The molecule has 3 rings (SSSR count). The smallest absolute Gasteiger partial charge is 0.336 e. The maximum atomic E-state index is 12.1. The lowest BCUT2D eigenvalue weighted by atomic mass is 9.99. The maximum absolute atomic E-state index is 12.1. The van der Waals surface area contributed by atoms with Gasteiger partial charge in [0.25, 0.3) is 0 Å². The van der Waals surface area contributed by atoms with Crippen LogP contribution in [0, 0.1) is 0 Å². The minimum atomic E-state index is -1.53. The van der Waals surface area contributed by atoms with Crippen LogP contribution in [0.4, 0.5) is 0 Å². The third kappa shape index (κ3) is 6.08. The highest BCUT2D eigenvalue weighted by atomic mass is 16.7. The molecule has 2 aromatic rings. The van der Waals surface area contributed by atoms with Crippen LogP contribution in [-0.4, -0.2) is 57.7 Å². The predicted octanol–water partition coefficient (Wildman–Crippen LogP) is 2.26. The Kier molecular flexibility index (Phi) is 9.07. The molecule has 4 N–H and O–H groups in total. The van der Waals surface area contributed by atoms with E-state index in [0.717, 1.165) is 30.2 Å². The van der Waals surface area contributed by atoms with Crippen molar-refractivity contribution in [3.05, 3.63) is 40.2 Å². The monoisotopic (exact) mass is 450 g/mol. The molecular formula is C24H34O8. The predicted molar refractivity (Wildman–Crippen MR) is 119 cm³/mol. The van der Waals surface area contributed by atoms with E-state index in [1.54, 1.807) is 12.1 Å². The summed E-state index contributed by atoms with van der Waals surface area (Å²) in [5.74, 6) is 0.262. The second-order valence-corrected chi connectivity index (χ2v) is 8.44. The molecule has 1 fully saturated rings. The van der Waals surface area contributed by atoms with Crippen molar-refractivity contribution in [3.63, 3.8) is 0 Å². The molecule has 8 nitrogen and oxygen atoms in total. The van der Waals surface area contributed by atoms with E-state index in [2.05, 4.69) is 6.92 Å². The largest absolute Gasteiger partial charge is 0.462 e. The van der Waals surface area contributed by atoms with Crippen LogP contribution in [-0.2, 0) is 11.2 Å². The third-order valence-corrected chi connectivity index (χ3v) is 5.95. The number of aryl methyl sites for hydroxylation is 1. The van der Waals surface area contributed by atoms with Crippen LogP contribution < -0.4 is 10.4 Å². The Labute approximate surface area is 187 Å². The summed E-state index contributed by atoms with van der Waals surface area (Å²) >= 11 is 0. The lowest BCUT2D eigenvalue weighted by Gasteiger charge is -2.39. The second-order valence-electron chi connectivity index (χ2n) is 8.44. The van der Waals surface area contributed by atoms with Gasteiger partial charge in [-0.3, -0.25) is 0 Å². The molecule has 0 bridgehead atoms. The minimum absolute atomic E-state index is 0.262. The molecule has 1 aromatic heterocycles. The number of ether oxygens (including phenoxy) is 2. The average Bonchev–Trinajstić information content (AvgIpc) is 2.78. The van der Waals surface area contributed by atoms with Crippen LogP contribution in [0.5, 0.6) is 5.75 Å². The molecule has 0 radical (unpaired) electrons. The zero-order valence-corrected chi connectivity index (χ0v) is 18.5. The van der Waals surface area contributed by atoms with Gasteiger partial charge in [0.1, 0.15) is 35.7 Å². The Morgan fingerprint density at radius 3 is 2.38 bits per heavy atom. The van der Waals surface area contributed by atoms with Crippen LogP contribution in [0.2, 0.25) is 0 Å². The number of aliphatic hydroxyl groups excluding tert-OH is 4. The fraction of sp³-hybridized carbons (Fsp3) is 0.625. The number of aliphatic hydroxyl groups is 4. The molecule has 0 unspecified atom stereocenters. The topological polar surface area (TPSA) is 130 Å². The molecule has 1 aromatic carbocycles. The van der Waals surface area contributed by atoms with Crippen LogP contribution in [0.3, 0.4) is 0 Å². The Balaban J connectivity index is 1.67. The first-order chi connectivity index (χ1) is 15.4. The standard InChI is InChI=1S/C24H34O8/c1-2-3-4-5-6-7-8-9-15-12-20(26)31-18-13-16(10-11-17(15)18)30-24-23(29)22(28)21(27)19(14-25)32-24/h10-13,19,21-25,27-29H,2-9,14H2,1H3/t19-,21-,22+,23-,24+/m1/s1. The highest BCUT2D eigenvalue weighted by Crippen LogP contribution is 2.28. The van der Waals surface area contributed by atoms with Gasteiger partial charge in [0.05, 0.1) is 6.61 Å². The molecule has 5 atom stereocenters. The van der Waals surface area contributed by atoms with Gasteiger partial charge in [0.2, 0.25) is 6.29 Å². The van der Waals surface area contributed by atoms with Crippen LogP contribution >= 0.6 is 0 Å². The fourth-order valence-corrected chi connectivity index (χ4v) is 4.06. The van der Waals surface area contributed by atoms with E-state index in [1.807, 2.05) is 0 Å². The maximum Gasteiger partial charge on any atom is 0.336 e. The zero-order chi connectivity index (χ0) is 23.1. The van der Waals surface area contributed by atoms with Crippen LogP contribution in [0.15, 0.2) is 33.5 Å². The first-order valence-corrected chi connectivity index (χ1v) is 11.5. The molecular weight excluding hydrogens is 416 g/mol. The van der Waals surface area contributed by atoms with E-state index < -0.39 is 42.9 Å². The summed E-state index contributed by atoms with van der Waals surface area (Å²) in [6.07, 6.45) is 2.23. The quantitative estimate of drug-likeness (QED) is 0.303. The van der Waals surface area contributed by atoms with Crippen molar-refractivity contribution in [2.45, 2.75) is 89.0 Å². The average molecular weight is 451 g/mol. The number of fused-ring (bicyclic) bond motifs is 1. The van der Waals surface area contributed by atoms with Gasteiger partial charge >= 0.3 is 5.63 Å². The molecule has 1 aliphatic heterocycles. The van der Waals surface area contributed by atoms with E-state index in [0.29, 0.717) is 5.58 Å². The molecule has 8 heteroatoms. The lowest BCUT2D eigenvalue weighted by Crippen LogP contribution is -2.60. The molecule has 0 spiro atoms. The number of hydrogen-bond acceptors (Lipinski definition) is 8. The normalized spacial score (nSPS) is 25.8. The number of rotatable bonds is 11. The Morgan fingerprint density at radius 2 is 1.66 bits per heavy atom. The van der Waals surface area contributed by atoms with Gasteiger partial charge in [-0.05, 0) is 30.5 Å². The Hall–Kier alpha value is -1.97. The summed E-state index contributed by atoms with van der Waals surface area (Å²) in [5, 5.41) is 40.1. The summed E-state index contributed by atoms with van der Waals surface area (Å²) < 4.78 is 16.3. The van der Waals surface area contributed by atoms with E-state index in [-0.39, 0.29) is 5.75 Å². The van der Waals surface area contributed by atoms with Crippen molar-refractivity contribution in [3.8, 4) is 5.75 Å². The molecule has 0 aliphatic carbocycles. The molecule has 2 heterocycles. The van der Waals surface area contributed by atoms with Gasteiger partial charge in [-0.2, -0.15) is 0 Å². The lowest BCUT2D eigenvalue weighted by molar-refractivity contribution is -0.277. The highest BCUT2D eigenvalue weighted by Gasteiger charge is 2.44. The Morgan fingerprint density at radius 1 is 0.938 bits per heavy atom. The summed E-state index contributed by atoms with van der Waals surface area (Å²) in [4.78, 5) is 12.1. The van der Waals surface area contributed by atoms with Gasteiger partial charge in [0, 0.05) is 17.5 Å².